The molecule has 0 aliphatic heterocycles. The first-order valence-corrected chi connectivity index (χ1v) is 7.33. The maximum atomic E-state index is 12.0. The third-order valence-electron chi connectivity index (χ3n) is 1.37. The van der Waals surface area contributed by atoms with Crippen molar-refractivity contribution in [3.8, 4) is 5.75 Å². The van der Waals surface area contributed by atoms with Gasteiger partial charge in [0.05, 0.1) is 6.20 Å². The zero-order chi connectivity index (χ0) is 13.4. The zero-order valence-corrected chi connectivity index (χ0v) is 11.9. The molecule has 0 amide bonds. The van der Waals surface area contributed by atoms with Gasteiger partial charge in [-0.25, -0.2) is 13.4 Å². The van der Waals surface area contributed by atoms with Gasteiger partial charge in [-0.3, -0.25) is 0 Å². The Morgan fingerprint density at radius 1 is 1.41 bits per heavy atom. The SMILES string of the molecule is O=S(=O)(Cl)c1c(I)ncc(OC(F)(F)F)c1Cl. The normalized spacial score (nSPS) is 12.6. The van der Waals surface area contributed by atoms with Gasteiger partial charge in [0.1, 0.15) is 13.6 Å². The van der Waals surface area contributed by atoms with E-state index in [0.29, 0.717) is 6.20 Å². The van der Waals surface area contributed by atoms with Crippen molar-refractivity contribution in [1.82, 2.24) is 4.98 Å². The Morgan fingerprint density at radius 3 is 2.35 bits per heavy atom. The molecule has 0 N–H and O–H groups in total. The summed E-state index contributed by atoms with van der Waals surface area (Å²) in [6.07, 6.45) is -4.35. The first-order valence-electron chi connectivity index (χ1n) is 3.57. The van der Waals surface area contributed by atoms with Gasteiger partial charge in [0, 0.05) is 10.7 Å². The third-order valence-corrected chi connectivity index (χ3v) is 4.39. The van der Waals surface area contributed by atoms with Crippen LogP contribution in [0, 0.1) is 3.70 Å². The van der Waals surface area contributed by atoms with Crippen LogP contribution in [0.2, 0.25) is 5.02 Å². The van der Waals surface area contributed by atoms with Crippen molar-refractivity contribution in [2.24, 2.45) is 0 Å². The number of nitrogens with zero attached hydrogens (tertiary/aromatic N) is 1. The average molecular weight is 422 g/mol. The van der Waals surface area contributed by atoms with Crippen LogP contribution < -0.4 is 4.74 Å². The number of alkyl halides is 3. The number of hydrogen-bond acceptors (Lipinski definition) is 4. The quantitative estimate of drug-likeness (QED) is 0.418. The summed E-state index contributed by atoms with van der Waals surface area (Å²) >= 11 is 6.94. The molecule has 0 aromatic carbocycles. The van der Waals surface area contributed by atoms with Crippen LogP contribution in [0.3, 0.4) is 0 Å². The van der Waals surface area contributed by atoms with Gasteiger partial charge in [-0.2, -0.15) is 0 Å². The molecule has 0 aliphatic carbocycles. The molecule has 96 valence electrons. The minimum atomic E-state index is -5.01. The molecule has 1 heterocycles. The maximum Gasteiger partial charge on any atom is 0.573 e. The highest BCUT2D eigenvalue weighted by Crippen LogP contribution is 2.37. The molecule has 17 heavy (non-hydrogen) atoms. The standard InChI is InChI=1S/C6HCl2F3INO3S/c7-3-2(16-6(9,10)11)1-13-5(12)4(3)17(8,14)15/h1H. The van der Waals surface area contributed by atoms with Crippen molar-refractivity contribution in [2.75, 3.05) is 0 Å². The zero-order valence-electron chi connectivity index (χ0n) is 7.43. The minimum Gasteiger partial charge on any atom is -0.402 e. The second-order valence-electron chi connectivity index (χ2n) is 2.54. The molecular formula is C6HCl2F3INO3S. The van der Waals surface area contributed by atoms with E-state index in [0.717, 1.165) is 0 Å². The first kappa shape index (κ1) is 15.1. The second kappa shape index (κ2) is 4.94. The molecule has 0 fully saturated rings. The van der Waals surface area contributed by atoms with Crippen LogP contribution in [0.1, 0.15) is 0 Å². The Hall–Kier alpha value is -0.0000000000000000555. The Bertz CT molecular complexity index is 548. The van der Waals surface area contributed by atoms with Crippen molar-refractivity contribution in [2.45, 2.75) is 11.3 Å². The predicted octanol–water partition coefficient (Wildman–Crippen LogP) is 3.17. The Labute approximate surface area is 117 Å². The number of hydrogen-bond donors (Lipinski definition) is 0. The van der Waals surface area contributed by atoms with Crippen LogP contribution in [0.5, 0.6) is 5.75 Å². The Balaban J connectivity index is 3.40. The molecule has 0 spiro atoms. The van der Waals surface area contributed by atoms with Crippen molar-refractivity contribution < 1.29 is 26.3 Å². The summed E-state index contributed by atoms with van der Waals surface area (Å²) in [5.41, 5.74) is 0. The molecule has 1 aromatic rings. The summed E-state index contributed by atoms with van der Waals surface area (Å²) in [6, 6.07) is 0. The summed E-state index contributed by atoms with van der Waals surface area (Å²) in [6.45, 7) is 0. The number of pyridine rings is 1. The molecule has 0 atom stereocenters. The molecular weight excluding hydrogens is 421 g/mol. The maximum absolute atomic E-state index is 12.0. The molecule has 0 unspecified atom stereocenters. The average Bonchev–Trinajstić information content (AvgIpc) is 2.06. The highest BCUT2D eigenvalue weighted by atomic mass is 127. The van der Waals surface area contributed by atoms with E-state index in [2.05, 4.69) is 9.72 Å². The van der Waals surface area contributed by atoms with Crippen LogP contribution >= 0.6 is 44.9 Å². The van der Waals surface area contributed by atoms with Crippen LogP contribution in [0.4, 0.5) is 13.2 Å². The fourth-order valence-corrected chi connectivity index (χ4v) is 4.28. The van der Waals surface area contributed by atoms with Gasteiger partial charge in [-0.1, -0.05) is 11.6 Å². The number of rotatable bonds is 2. The molecule has 0 saturated carbocycles. The highest BCUT2D eigenvalue weighted by molar-refractivity contribution is 14.1. The monoisotopic (exact) mass is 421 g/mol. The third kappa shape index (κ3) is 4.00. The fraction of sp³-hybridized carbons (Fsp3) is 0.167. The first-order chi connectivity index (χ1) is 7.52. The van der Waals surface area contributed by atoms with Gasteiger partial charge in [-0.15, -0.1) is 13.2 Å². The highest BCUT2D eigenvalue weighted by Gasteiger charge is 2.34. The lowest BCUT2D eigenvalue weighted by molar-refractivity contribution is -0.274. The Morgan fingerprint density at radius 2 is 1.94 bits per heavy atom. The van der Waals surface area contributed by atoms with Gasteiger partial charge < -0.3 is 4.74 Å². The largest absolute Gasteiger partial charge is 0.573 e. The van der Waals surface area contributed by atoms with E-state index in [4.69, 9.17) is 22.3 Å². The summed E-state index contributed by atoms with van der Waals surface area (Å²) in [7, 11) is 0.699. The molecule has 11 heteroatoms. The minimum absolute atomic E-state index is 0.155. The van der Waals surface area contributed by atoms with E-state index in [-0.39, 0.29) is 3.70 Å². The van der Waals surface area contributed by atoms with E-state index in [1.54, 1.807) is 0 Å². The summed E-state index contributed by atoms with van der Waals surface area (Å²) in [5.74, 6) is -0.932. The molecule has 1 rings (SSSR count). The molecule has 0 aliphatic rings. The van der Waals surface area contributed by atoms with Crippen LogP contribution in [0.25, 0.3) is 0 Å². The van der Waals surface area contributed by atoms with Gasteiger partial charge in [0.25, 0.3) is 9.05 Å². The van der Waals surface area contributed by atoms with Gasteiger partial charge in [0.15, 0.2) is 5.75 Å². The number of aromatic nitrogens is 1. The van der Waals surface area contributed by atoms with E-state index < -0.39 is 31.1 Å². The topological polar surface area (TPSA) is 56.3 Å². The summed E-state index contributed by atoms with van der Waals surface area (Å²) < 4.78 is 61.4. The van der Waals surface area contributed by atoms with Gasteiger partial charge in [-0.05, 0) is 22.6 Å². The lowest BCUT2D eigenvalue weighted by Crippen LogP contribution is -2.18. The van der Waals surface area contributed by atoms with Crippen molar-refractivity contribution in [3.63, 3.8) is 0 Å². The van der Waals surface area contributed by atoms with E-state index in [1.165, 1.54) is 22.6 Å². The van der Waals surface area contributed by atoms with Crippen LogP contribution in [-0.4, -0.2) is 19.8 Å². The van der Waals surface area contributed by atoms with E-state index in [1.807, 2.05) is 0 Å². The lowest BCUT2D eigenvalue weighted by atomic mass is 10.4. The molecule has 1 aromatic heterocycles. The number of ether oxygens (including phenoxy) is 1. The number of halogens is 6. The van der Waals surface area contributed by atoms with Gasteiger partial charge >= 0.3 is 6.36 Å². The second-order valence-corrected chi connectivity index (χ2v) is 6.44. The molecule has 0 saturated heterocycles. The predicted molar refractivity (Wildman–Crippen MR) is 61.7 cm³/mol. The fourth-order valence-electron chi connectivity index (χ4n) is 0.837. The molecule has 4 nitrogen and oxygen atoms in total. The van der Waals surface area contributed by atoms with Crippen LogP contribution in [-0.2, 0) is 9.05 Å². The Kier molecular flexibility index (Phi) is 4.37. The summed E-state index contributed by atoms with van der Waals surface area (Å²) in [5, 5.41) is -0.767. The van der Waals surface area contributed by atoms with E-state index >= 15 is 0 Å². The van der Waals surface area contributed by atoms with Crippen molar-refractivity contribution >= 4 is 53.9 Å². The molecule has 0 bridgehead atoms. The lowest BCUT2D eigenvalue weighted by Gasteiger charge is -2.11. The van der Waals surface area contributed by atoms with Crippen LogP contribution in [0.15, 0.2) is 11.1 Å². The van der Waals surface area contributed by atoms with E-state index in [9.17, 15) is 21.6 Å². The van der Waals surface area contributed by atoms with Crippen molar-refractivity contribution in [1.29, 1.82) is 0 Å². The van der Waals surface area contributed by atoms with Gasteiger partial charge in [0.2, 0.25) is 0 Å². The summed E-state index contributed by atoms with van der Waals surface area (Å²) in [4.78, 5) is 2.68. The smallest absolute Gasteiger partial charge is 0.402 e. The van der Waals surface area contributed by atoms with Crippen molar-refractivity contribution in [3.05, 3.63) is 14.9 Å². The molecule has 0 radical (unpaired) electrons.